The number of methoxy groups -OCH3 is 1. The first kappa shape index (κ1) is 14.6. The van der Waals surface area contributed by atoms with Gasteiger partial charge in [-0.3, -0.25) is 9.69 Å². The van der Waals surface area contributed by atoms with Crippen LogP contribution in [0.15, 0.2) is 23.0 Å². The van der Waals surface area contributed by atoms with Gasteiger partial charge in [0.2, 0.25) is 0 Å². The highest BCUT2D eigenvalue weighted by atomic mass is 16.5. The minimum absolute atomic E-state index is 0.0991. The van der Waals surface area contributed by atoms with Crippen molar-refractivity contribution in [1.29, 1.82) is 0 Å². The van der Waals surface area contributed by atoms with Gasteiger partial charge in [-0.15, -0.1) is 0 Å². The van der Waals surface area contributed by atoms with Crippen molar-refractivity contribution in [3.8, 4) is 5.75 Å². The fraction of sp³-hybridized carbons (Fsp3) is 0.438. The zero-order valence-corrected chi connectivity index (χ0v) is 12.6. The maximum atomic E-state index is 12.7. The van der Waals surface area contributed by atoms with Gasteiger partial charge in [0.25, 0.3) is 0 Å². The molecule has 0 bridgehead atoms. The van der Waals surface area contributed by atoms with Gasteiger partial charge in [0.1, 0.15) is 5.75 Å². The lowest BCUT2D eigenvalue weighted by Crippen LogP contribution is -2.27. The number of hydrogen-bond donors (Lipinski definition) is 1. The van der Waals surface area contributed by atoms with E-state index in [0.717, 1.165) is 29.9 Å². The Morgan fingerprint density at radius 2 is 1.95 bits per heavy atom. The molecule has 108 valence electrons. The Hall–Kier alpha value is -1.81. The molecular weight excluding hydrogens is 252 g/mol. The highest BCUT2D eigenvalue weighted by Crippen LogP contribution is 2.22. The van der Waals surface area contributed by atoms with E-state index in [1.807, 2.05) is 25.1 Å². The number of H-pyrrole nitrogens is 1. The minimum atomic E-state index is 0.0991. The lowest BCUT2D eigenvalue weighted by Gasteiger charge is -2.19. The summed E-state index contributed by atoms with van der Waals surface area (Å²) < 4.78 is 5.32. The predicted octanol–water partition coefficient (Wildman–Crippen LogP) is 2.69. The summed E-state index contributed by atoms with van der Waals surface area (Å²) in [5.41, 5.74) is 2.64. The van der Waals surface area contributed by atoms with E-state index < -0.39 is 0 Å². The number of rotatable bonds is 5. The molecule has 1 aromatic heterocycles. The summed E-state index contributed by atoms with van der Waals surface area (Å²) in [6.45, 7) is 8.72. The molecule has 0 aliphatic rings. The third-order valence-electron chi connectivity index (χ3n) is 3.81. The molecule has 1 heterocycles. The molecule has 4 nitrogen and oxygen atoms in total. The molecule has 0 radical (unpaired) electrons. The third-order valence-corrected chi connectivity index (χ3v) is 3.81. The van der Waals surface area contributed by atoms with Crippen LogP contribution in [-0.2, 0) is 6.54 Å². The van der Waals surface area contributed by atoms with Crippen molar-refractivity contribution < 1.29 is 4.74 Å². The van der Waals surface area contributed by atoms with Gasteiger partial charge < -0.3 is 9.72 Å². The molecule has 0 saturated carbocycles. The molecule has 1 N–H and O–H groups in total. The summed E-state index contributed by atoms with van der Waals surface area (Å²) >= 11 is 0. The van der Waals surface area contributed by atoms with Crippen molar-refractivity contribution >= 4 is 10.9 Å². The molecule has 0 saturated heterocycles. The monoisotopic (exact) mass is 274 g/mol. The summed E-state index contributed by atoms with van der Waals surface area (Å²) in [6, 6.07) is 5.57. The van der Waals surface area contributed by atoms with Crippen LogP contribution in [0.3, 0.4) is 0 Å². The number of aromatic amines is 1. The van der Waals surface area contributed by atoms with Crippen LogP contribution >= 0.6 is 0 Å². The van der Waals surface area contributed by atoms with E-state index >= 15 is 0 Å². The van der Waals surface area contributed by atoms with Gasteiger partial charge in [-0.25, -0.2) is 0 Å². The summed E-state index contributed by atoms with van der Waals surface area (Å²) in [5, 5.41) is 0.692. The number of aromatic nitrogens is 1. The Labute approximate surface area is 119 Å². The smallest absolute Gasteiger partial charge is 0.194 e. The van der Waals surface area contributed by atoms with E-state index in [4.69, 9.17) is 4.74 Å². The third kappa shape index (κ3) is 2.56. The molecular formula is C16H22N2O2. The zero-order chi connectivity index (χ0) is 14.7. The molecule has 0 aliphatic carbocycles. The fourth-order valence-corrected chi connectivity index (χ4v) is 2.48. The summed E-state index contributed by atoms with van der Waals surface area (Å²) in [5.74, 6) is 0.706. The fourth-order valence-electron chi connectivity index (χ4n) is 2.48. The maximum absolute atomic E-state index is 12.7. The van der Waals surface area contributed by atoms with Gasteiger partial charge in [-0.1, -0.05) is 19.9 Å². The summed E-state index contributed by atoms with van der Waals surface area (Å²) in [7, 11) is 1.62. The van der Waals surface area contributed by atoms with Crippen molar-refractivity contribution in [1.82, 2.24) is 9.88 Å². The SMILES string of the molecule is CCN(CC)Cc1c(C)[nH]c2c(OC)cccc2c1=O. The number of hydrogen-bond acceptors (Lipinski definition) is 3. The maximum Gasteiger partial charge on any atom is 0.194 e. The highest BCUT2D eigenvalue weighted by Gasteiger charge is 2.13. The molecule has 4 heteroatoms. The van der Waals surface area contributed by atoms with Gasteiger partial charge >= 0.3 is 0 Å². The Morgan fingerprint density at radius 1 is 1.25 bits per heavy atom. The Morgan fingerprint density at radius 3 is 2.55 bits per heavy atom. The molecule has 0 fully saturated rings. The van der Waals surface area contributed by atoms with Gasteiger partial charge in [0.05, 0.1) is 12.6 Å². The van der Waals surface area contributed by atoms with Crippen LogP contribution in [0.2, 0.25) is 0 Å². The number of benzene rings is 1. The largest absolute Gasteiger partial charge is 0.495 e. The van der Waals surface area contributed by atoms with Gasteiger partial charge in [-0.2, -0.15) is 0 Å². The molecule has 20 heavy (non-hydrogen) atoms. The average molecular weight is 274 g/mol. The van der Waals surface area contributed by atoms with Crippen LogP contribution in [0.25, 0.3) is 10.9 Å². The van der Waals surface area contributed by atoms with Gasteiger partial charge in [0.15, 0.2) is 5.43 Å². The molecule has 0 atom stereocenters. The minimum Gasteiger partial charge on any atom is -0.495 e. The molecule has 0 spiro atoms. The predicted molar refractivity (Wildman–Crippen MR) is 82.5 cm³/mol. The quantitative estimate of drug-likeness (QED) is 0.911. The van der Waals surface area contributed by atoms with Crippen molar-refractivity contribution in [3.63, 3.8) is 0 Å². The molecule has 2 aromatic rings. The van der Waals surface area contributed by atoms with E-state index in [2.05, 4.69) is 23.7 Å². The van der Waals surface area contributed by atoms with Crippen molar-refractivity contribution in [3.05, 3.63) is 39.7 Å². The number of fused-ring (bicyclic) bond motifs is 1. The van der Waals surface area contributed by atoms with E-state index in [9.17, 15) is 4.79 Å². The number of nitrogens with one attached hydrogen (secondary N) is 1. The second-order valence-electron chi connectivity index (χ2n) is 4.90. The normalized spacial score (nSPS) is 11.2. The number of para-hydroxylation sites is 1. The average Bonchev–Trinajstić information content (AvgIpc) is 2.47. The lowest BCUT2D eigenvalue weighted by atomic mass is 10.1. The number of nitrogens with zero attached hydrogens (tertiary/aromatic N) is 1. The lowest BCUT2D eigenvalue weighted by molar-refractivity contribution is 0.294. The second-order valence-corrected chi connectivity index (χ2v) is 4.90. The van der Waals surface area contributed by atoms with Crippen molar-refractivity contribution in [2.45, 2.75) is 27.3 Å². The Balaban J connectivity index is 2.61. The molecule has 0 aliphatic heterocycles. The van der Waals surface area contributed by atoms with E-state index in [0.29, 0.717) is 17.7 Å². The molecule has 0 unspecified atom stereocenters. The summed E-state index contributed by atoms with van der Waals surface area (Å²) in [6.07, 6.45) is 0. The van der Waals surface area contributed by atoms with Crippen molar-refractivity contribution in [2.24, 2.45) is 0 Å². The Kier molecular flexibility index (Phi) is 4.45. The van der Waals surface area contributed by atoms with Crippen LogP contribution in [0, 0.1) is 6.92 Å². The first-order valence-electron chi connectivity index (χ1n) is 7.03. The van der Waals surface area contributed by atoms with E-state index in [-0.39, 0.29) is 5.43 Å². The standard InChI is InChI=1S/C16H22N2O2/c1-5-18(6-2)10-13-11(3)17-15-12(16(13)19)8-7-9-14(15)20-4/h7-9H,5-6,10H2,1-4H3,(H,17,19). The van der Waals surface area contributed by atoms with Crippen LogP contribution in [0.4, 0.5) is 0 Å². The number of aryl methyl sites for hydroxylation is 1. The van der Waals surface area contributed by atoms with Crippen LogP contribution in [0.5, 0.6) is 5.75 Å². The van der Waals surface area contributed by atoms with Crippen LogP contribution < -0.4 is 10.2 Å². The summed E-state index contributed by atoms with van der Waals surface area (Å²) in [4.78, 5) is 18.2. The highest BCUT2D eigenvalue weighted by molar-refractivity contribution is 5.85. The first-order valence-corrected chi connectivity index (χ1v) is 7.03. The van der Waals surface area contributed by atoms with E-state index in [1.165, 1.54) is 0 Å². The molecule has 0 amide bonds. The topological polar surface area (TPSA) is 45.3 Å². The Bertz CT molecular complexity index is 657. The second kappa shape index (κ2) is 6.09. The van der Waals surface area contributed by atoms with Gasteiger partial charge in [-0.05, 0) is 32.1 Å². The van der Waals surface area contributed by atoms with Crippen molar-refractivity contribution in [2.75, 3.05) is 20.2 Å². The number of ether oxygens (including phenoxy) is 1. The molecule has 2 rings (SSSR count). The van der Waals surface area contributed by atoms with Gasteiger partial charge in [0, 0.05) is 23.2 Å². The van der Waals surface area contributed by atoms with Crippen LogP contribution in [-0.4, -0.2) is 30.1 Å². The number of pyridine rings is 1. The van der Waals surface area contributed by atoms with E-state index in [1.54, 1.807) is 7.11 Å². The first-order chi connectivity index (χ1) is 9.62. The zero-order valence-electron chi connectivity index (χ0n) is 12.6. The van der Waals surface area contributed by atoms with Crippen LogP contribution in [0.1, 0.15) is 25.1 Å². The molecule has 1 aromatic carbocycles.